The molecule has 6 nitrogen and oxygen atoms in total. The Morgan fingerprint density at radius 2 is 2.22 bits per heavy atom. The fourth-order valence-corrected chi connectivity index (χ4v) is 4.28. The second-order valence-corrected chi connectivity index (χ2v) is 7.52. The first kappa shape index (κ1) is 17.9. The lowest BCUT2D eigenvalue weighted by Gasteiger charge is -2.20. The molecule has 1 aromatic heterocycles. The Labute approximate surface area is 160 Å². The average Bonchev–Trinajstić information content (AvgIpc) is 3.33. The van der Waals surface area contributed by atoms with Gasteiger partial charge in [0.2, 0.25) is 0 Å². The van der Waals surface area contributed by atoms with Gasteiger partial charge in [0, 0.05) is 25.3 Å². The van der Waals surface area contributed by atoms with Gasteiger partial charge in [0.25, 0.3) is 5.91 Å². The van der Waals surface area contributed by atoms with Crippen LogP contribution in [0.2, 0.25) is 0 Å². The fraction of sp³-hybridized carbons (Fsp3) is 0.300. The molecule has 0 aliphatic carbocycles. The van der Waals surface area contributed by atoms with E-state index in [1.807, 2.05) is 24.3 Å². The Kier molecular flexibility index (Phi) is 5.07. The van der Waals surface area contributed by atoms with E-state index >= 15 is 0 Å². The minimum Gasteiger partial charge on any atom is -0.507 e. The van der Waals surface area contributed by atoms with Gasteiger partial charge in [0.05, 0.1) is 22.4 Å². The van der Waals surface area contributed by atoms with Crippen molar-refractivity contribution in [3.8, 4) is 16.3 Å². The van der Waals surface area contributed by atoms with Crippen molar-refractivity contribution in [1.29, 1.82) is 0 Å². The van der Waals surface area contributed by atoms with E-state index in [2.05, 4.69) is 10.3 Å². The van der Waals surface area contributed by atoms with Crippen LogP contribution < -0.4 is 5.32 Å². The number of nitrogens with one attached hydrogen (secondary N) is 1. The van der Waals surface area contributed by atoms with Crippen molar-refractivity contribution in [2.75, 3.05) is 25.6 Å². The van der Waals surface area contributed by atoms with E-state index in [9.17, 15) is 9.90 Å². The van der Waals surface area contributed by atoms with Gasteiger partial charge in [0.1, 0.15) is 16.9 Å². The fourth-order valence-electron chi connectivity index (χ4n) is 3.29. The second kappa shape index (κ2) is 7.64. The third-order valence-electron chi connectivity index (χ3n) is 4.69. The Bertz CT molecular complexity index is 933. The minimum absolute atomic E-state index is 0.0517. The number of para-hydroxylation sites is 1. The number of methoxy groups -OCH3 is 1. The Balaban J connectivity index is 1.59. The first-order valence-corrected chi connectivity index (χ1v) is 9.57. The van der Waals surface area contributed by atoms with Crippen LogP contribution in [0.1, 0.15) is 6.42 Å². The molecule has 1 fully saturated rings. The molecule has 2 N–H and O–H groups in total. The summed E-state index contributed by atoms with van der Waals surface area (Å²) in [6.07, 6.45) is 0.241. The van der Waals surface area contributed by atoms with Gasteiger partial charge in [0.15, 0.2) is 0 Å². The van der Waals surface area contributed by atoms with Crippen molar-refractivity contribution >= 4 is 33.1 Å². The number of amides is 1. The number of benzene rings is 2. The number of anilines is 1. The molecule has 2 heterocycles. The molecule has 2 unspecified atom stereocenters. The van der Waals surface area contributed by atoms with Gasteiger partial charge in [-0.1, -0.05) is 12.1 Å². The molecule has 3 aromatic rings. The van der Waals surface area contributed by atoms with Crippen molar-refractivity contribution in [3.05, 3.63) is 42.5 Å². The highest BCUT2D eigenvalue weighted by molar-refractivity contribution is 7.21. The maximum absolute atomic E-state index is 12.6. The molecular formula is C20H20N2O4S. The molecule has 0 radical (unpaired) electrons. The topological polar surface area (TPSA) is 80.7 Å². The normalized spacial score (nSPS) is 17.9. The highest BCUT2D eigenvalue weighted by Crippen LogP contribution is 2.36. The summed E-state index contributed by atoms with van der Waals surface area (Å²) in [5.74, 6) is -0.0377. The van der Waals surface area contributed by atoms with E-state index in [4.69, 9.17) is 9.47 Å². The van der Waals surface area contributed by atoms with Gasteiger partial charge < -0.3 is 19.9 Å². The van der Waals surface area contributed by atoms with Crippen LogP contribution in [-0.4, -0.2) is 42.4 Å². The lowest BCUT2D eigenvalue weighted by atomic mass is 10.0. The summed E-state index contributed by atoms with van der Waals surface area (Å²) in [6.45, 7) is 1.18. The number of hydrogen-bond acceptors (Lipinski definition) is 6. The third kappa shape index (κ3) is 3.66. The lowest BCUT2D eigenvalue weighted by molar-refractivity contribution is -0.128. The molecule has 1 aliphatic rings. The predicted octanol–water partition coefficient (Wildman–Crippen LogP) is 3.66. The van der Waals surface area contributed by atoms with Crippen molar-refractivity contribution in [2.24, 2.45) is 5.92 Å². The van der Waals surface area contributed by atoms with E-state index < -0.39 is 6.10 Å². The van der Waals surface area contributed by atoms with Crippen LogP contribution in [0.15, 0.2) is 42.5 Å². The number of phenols is 1. The molecule has 1 amide bonds. The quantitative estimate of drug-likeness (QED) is 0.656. The predicted molar refractivity (Wildman–Crippen MR) is 105 cm³/mol. The van der Waals surface area contributed by atoms with Crippen LogP contribution in [0.3, 0.4) is 0 Å². The summed E-state index contributed by atoms with van der Waals surface area (Å²) < 4.78 is 11.8. The van der Waals surface area contributed by atoms with Gasteiger partial charge in [-0.15, -0.1) is 11.3 Å². The van der Waals surface area contributed by atoms with Crippen LogP contribution >= 0.6 is 11.3 Å². The standard InChI is InChI=1S/C20H20N2O4S/c1-25-18(12-8-9-26-11-12)19(24)21-13-6-7-16(23)14(10-13)20-22-15-4-2-3-5-17(15)27-20/h2-7,10,12,18,23H,8-9,11H2,1H3,(H,21,24). The molecule has 7 heteroatoms. The van der Waals surface area contributed by atoms with Gasteiger partial charge in [-0.2, -0.15) is 0 Å². The number of nitrogens with zero attached hydrogens (tertiary/aromatic N) is 1. The molecule has 0 bridgehead atoms. The van der Waals surface area contributed by atoms with Crippen LogP contribution in [0.4, 0.5) is 5.69 Å². The van der Waals surface area contributed by atoms with Crippen LogP contribution in [-0.2, 0) is 14.3 Å². The SMILES string of the molecule is COC(C(=O)Nc1ccc(O)c(-c2nc3ccccc3s2)c1)C1CCOC1. The number of carbonyl (C=O) groups excluding carboxylic acids is 1. The first-order valence-electron chi connectivity index (χ1n) is 8.76. The average molecular weight is 384 g/mol. The van der Waals surface area contributed by atoms with E-state index in [0.717, 1.165) is 16.6 Å². The molecule has 27 heavy (non-hydrogen) atoms. The number of rotatable bonds is 5. The van der Waals surface area contributed by atoms with E-state index in [0.29, 0.717) is 29.5 Å². The summed E-state index contributed by atoms with van der Waals surface area (Å²) in [7, 11) is 1.53. The number of aromatic hydroxyl groups is 1. The van der Waals surface area contributed by atoms with Crippen molar-refractivity contribution in [3.63, 3.8) is 0 Å². The third-order valence-corrected chi connectivity index (χ3v) is 5.76. The molecule has 0 saturated carbocycles. The second-order valence-electron chi connectivity index (χ2n) is 6.49. The van der Waals surface area contributed by atoms with Crippen molar-refractivity contribution < 1.29 is 19.4 Å². The molecule has 0 spiro atoms. The van der Waals surface area contributed by atoms with E-state index in [1.54, 1.807) is 18.2 Å². The lowest BCUT2D eigenvalue weighted by Crippen LogP contribution is -2.36. The molecule has 2 atom stereocenters. The van der Waals surface area contributed by atoms with Gasteiger partial charge in [-0.25, -0.2) is 4.98 Å². The maximum atomic E-state index is 12.6. The largest absolute Gasteiger partial charge is 0.507 e. The molecule has 1 aliphatic heterocycles. The van der Waals surface area contributed by atoms with Gasteiger partial charge in [-0.05, 0) is 36.8 Å². The van der Waals surface area contributed by atoms with Gasteiger partial charge in [-0.3, -0.25) is 4.79 Å². The zero-order chi connectivity index (χ0) is 18.8. The number of aromatic nitrogens is 1. The summed E-state index contributed by atoms with van der Waals surface area (Å²) in [5, 5.41) is 13.9. The van der Waals surface area contributed by atoms with Crippen molar-refractivity contribution in [1.82, 2.24) is 4.98 Å². The Hall–Kier alpha value is -2.48. The smallest absolute Gasteiger partial charge is 0.253 e. The number of ether oxygens (including phenoxy) is 2. The van der Waals surface area contributed by atoms with E-state index in [1.165, 1.54) is 18.4 Å². The number of hydrogen-bond donors (Lipinski definition) is 2. The summed E-state index contributed by atoms with van der Waals surface area (Å²) in [5.41, 5.74) is 2.06. The number of fused-ring (bicyclic) bond motifs is 1. The monoisotopic (exact) mass is 384 g/mol. The number of phenolic OH excluding ortho intramolecular Hbond substituents is 1. The van der Waals surface area contributed by atoms with E-state index in [-0.39, 0.29) is 17.6 Å². The zero-order valence-electron chi connectivity index (χ0n) is 14.8. The Morgan fingerprint density at radius 1 is 1.37 bits per heavy atom. The van der Waals surface area contributed by atoms with Crippen molar-refractivity contribution in [2.45, 2.75) is 12.5 Å². The highest BCUT2D eigenvalue weighted by atomic mass is 32.1. The van der Waals surface area contributed by atoms with Crippen LogP contribution in [0.25, 0.3) is 20.8 Å². The number of thiazole rings is 1. The summed E-state index contributed by atoms with van der Waals surface area (Å²) >= 11 is 1.50. The Morgan fingerprint density at radius 3 is 2.96 bits per heavy atom. The van der Waals surface area contributed by atoms with Crippen LogP contribution in [0.5, 0.6) is 5.75 Å². The molecule has 2 aromatic carbocycles. The molecule has 140 valence electrons. The summed E-state index contributed by atoms with van der Waals surface area (Å²) in [6, 6.07) is 12.8. The highest BCUT2D eigenvalue weighted by Gasteiger charge is 2.31. The van der Waals surface area contributed by atoms with Crippen LogP contribution in [0, 0.1) is 5.92 Å². The molecule has 4 rings (SSSR count). The first-order chi connectivity index (χ1) is 13.2. The molecular weight excluding hydrogens is 364 g/mol. The van der Waals surface area contributed by atoms with Gasteiger partial charge >= 0.3 is 0 Å². The molecule has 1 saturated heterocycles. The zero-order valence-corrected chi connectivity index (χ0v) is 15.7. The summed E-state index contributed by atoms with van der Waals surface area (Å²) in [4.78, 5) is 17.2. The number of carbonyl (C=O) groups is 1. The minimum atomic E-state index is -0.563. The maximum Gasteiger partial charge on any atom is 0.253 e.